The molecule has 1 N–H and O–H groups in total. The van der Waals surface area contributed by atoms with E-state index in [1.807, 2.05) is 30.3 Å². The quantitative estimate of drug-likeness (QED) is 0.657. The minimum absolute atomic E-state index is 0.516. The van der Waals surface area contributed by atoms with E-state index in [4.69, 9.17) is 0 Å². The summed E-state index contributed by atoms with van der Waals surface area (Å²) in [5, 5.41) is 3.82. The fraction of sp³-hybridized carbons (Fsp3) is 0.0714. The molecule has 0 bridgehead atoms. The van der Waals surface area contributed by atoms with E-state index in [2.05, 4.69) is 10.3 Å². The Morgan fingerprint density at radius 2 is 1.80 bits per heavy atom. The summed E-state index contributed by atoms with van der Waals surface area (Å²) in [7, 11) is 0. The third-order valence-corrected chi connectivity index (χ3v) is 4.38. The van der Waals surface area contributed by atoms with Crippen LogP contribution in [-0.4, -0.2) is 10.7 Å². The smallest absolute Gasteiger partial charge is 0.288 e. The number of thioether (sulfide) groups is 1. The summed E-state index contributed by atoms with van der Waals surface area (Å²) in [6.45, 7) is 0. The lowest BCUT2D eigenvalue weighted by molar-refractivity contribution is 0.252. The number of anilines is 2. The number of aromatic nitrogens is 1. The van der Waals surface area contributed by atoms with Crippen LogP contribution in [-0.2, 0) is 0 Å². The molecular weight excluding hydrogens is 298 g/mol. The number of nitrogens with one attached hydrogen (secondary N) is 1. The van der Waals surface area contributed by atoms with Crippen molar-refractivity contribution < 1.29 is 8.78 Å². The Balaban J connectivity index is 1.90. The van der Waals surface area contributed by atoms with Gasteiger partial charge in [0.1, 0.15) is 0 Å². The van der Waals surface area contributed by atoms with Crippen LogP contribution in [0.2, 0.25) is 0 Å². The lowest BCUT2D eigenvalue weighted by atomic mass is 10.3. The highest BCUT2D eigenvalue weighted by Gasteiger charge is 2.11. The molecule has 0 amide bonds. The number of nitrogens with zero attached hydrogens (tertiary/aromatic N) is 1. The molecule has 102 valence electrons. The van der Waals surface area contributed by atoms with Crippen LogP contribution in [0.5, 0.6) is 0 Å². The number of fused-ring (bicyclic) bond motifs is 1. The maximum absolute atomic E-state index is 12.5. The zero-order valence-corrected chi connectivity index (χ0v) is 11.8. The average Bonchev–Trinajstić information content (AvgIpc) is 2.82. The largest absolute Gasteiger partial charge is 0.331 e. The Morgan fingerprint density at radius 3 is 2.60 bits per heavy atom. The van der Waals surface area contributed by atoms with Crippen molar-refractivity contribution in [3.63, 3.8) is 0 Å². The first-order valence-corrected chi connectivity index (χ1v) is 7.58. The molecule has 0 aliphatic rings. The van der Waals surface area contributed by atoms with Gasteiger partial charge < -0.3 is 5.32 Å². The first kappa shape index (κ1) is 13.3. The van der Waals surface area contributed by atoms with Crippen LogP contribution in [0.1, 0.15) is 0 Å². The summed E-state index contributed by atoms with van der Waals surface area (Å²) >= 11 is 2.03. The van der Waals surface area contributed by atoms with Gasteiger partial charge >= 0.3 is 0 Å². The number of hydrogen-bond donors (Lipinski definition) is 1. The van der Waals surface area contributed by atoms with Gasteiger partial charge in [0.15, 0.2) is 5.13 Å². The number of alkyl halides is 2. The van der Waals surface area contributed by atoms with Crippen LogP contribution in [0, 0.1) is 0 Å². The van der Waals surface area contributed by atoms with Crippen LogP contribution in [0.4, 0.5) is 19.6 Å². The molecule has 3 rings (SSSR count). The van der Waals surface area contributed by atoms with E-state index in [1.165, 1.54) is 11.3 Å². The third kappa shape index (κ3) is 2.91. The van der Waals surface area contributed by atoms with Crippen molar-refractivity contribution >= 4 is 44.1 Å². The molecule has 0 saturated heterocycles. The van der Waals surface area contributed by atoms with Gasteiger partial charge in [-0.2, -0.15) is 8.78 Å². The molecule has 0 saturated carbocycles. The predicted octanol–water partition coefficient (Wildman–Crippen LogP) is 5.35. The molecule has 0 radical (unpaired) electrons. The molecule has 0 fully saturated rings. The van der Waals surface area contributed by atoms with Crippen LogP contribution >= 0.6 is 23.1 Å². The second kappa shape index (κ2) is 5.76. The number of hydrogen-bond acceptors (Lipinski definition) is 4. The van der Waals surface area contributed by atoms with Gasteiger partial charge in [0.25, 0.3) is 5.76 Å². The van der Waals surface area contributed by atoms with Gasteiger partial charge in [0, 0.05) is 4.90 Å². The Morgan fingerprint density at radius 1 is 1.05 bits per heavy atom. The van der Waals surface area contributed by atoms with Gasteiger partial charge in [-0.25, -0.2) is 4.98 Å². The molecule has 20 heavy (non-hydrogen) atoms. The van der Waals surface area contributed by atoms with Gasteiger partial charge in [0.2, 0.25) is 0 Å². The third-order valence-electron chi connectivity index (χ3n) is 2.64. The molecule has 1 aromatic heterocycles. The van der Waals surface area contributed by atoms with E-state index in [0.717, 1.165) is 10.2 Å². The molecule has 2 aromatic carbocycles. The normalized spacial score (nSPS) is 11.2. The second-order valence-corrected chi connectivity index (χ2v) is 6.05. The lowest BCUT2D eigenvalue weighted by Crippen LogP contribution is -1.93. The molecule has 1 heterocycles. The molecule has 0 unspecified atom stereocenters. The zero-order valence-electron chi connectivity index (χ0n) is 10.2. The summed E-state index contributed by atoms with van der Waals surface area (Å²) in [5.41, 5.74) is 1.55. The molecule has 0 aliphatic heterocycles. The summed E-state index contributed by atoms with van der Waals surface area (Å²) in [6, 6.07) is 14.8. The van der Waals surface area contributed by atoms with Gasteiger partial charge in [-0.1, -0.05) is 47.4 Å². The standard InChI is InChI=1S/C14H10F2N2S2/c15-13(16)19-11-7-3-1-5-9(11)17-14-18-10-6-2-4-8-12(10)20-14/h1-8,13H,(H,17,18). The first-order valence-electron chi connectivity index (χ1n) is 5.89. The van der Waals surface area contributed by atoms with E-state index in [9.17, 15) is 8.78 Å². The fourth-order valence-corrected chi connectivity index (χ4v) is 3.28. The Bertz CT molecular complexity index is 695. The zero-order chi connectivity index (χ0) is 13.9. The maximum Gasteiger partial charge on any atom is 0.288 e. The molecule has 2 nitrogen and oxygen atoms in total. The monoisotopic (exact) mass is 308 g/mol. The molecular formula is C14H10F2N2S2. The lowest BCUT2D eigenvalue weighted by Gasteiger charge is -2.08. The predicted molar refractivity (Wildman–Crippen MR) is 81.2 cm³/mol. The second-order valence-electron chi connectivity index (χ2n) is 3.99. The van der Waals surface area contributed by atoms with E-state index in [1.54, 1.807) is 18.2 Å². The Hall–Kier alpha value is -1.66. The van der Waals surface area contributed by atoms with Crippen molar-refractivity contribution in [1.82, 2.24) is 4.98 Å². The summed E-state index contributed by atoms with van der Waals surface area (Å²) in [4.78, 5) is 4.95. The number of halogens is 2. The topological polar surface area (TPSA) is 24.9 Å². The van der Waals surface area contributed by atoms with Crippen molar-refractivity contribution in [2.45, 2.75) is 10.7 Å². The SMILES string of the molecule is FC(F)Sc1ccccc1Nc1nc2ccccc2s1. The van der Waals surface area contributed by atoms with Gasteiger partial charge in [-0.05, 0) is 24.3 Å². The Kier molecular flexibility index (Phi) is 3.84. The Labute approximate surface area is 122 Å². The van der Waals surface area contributed by atoms with E-state index < -0.39 is 5.76 Å². The van der Waals surface area contributed by atoms with E-state index >= 15 is 0 Å². The molecule has 0 atom stereocenters. The van der Waals surface area contributed by atoms with Gasteiger partial charge in [-0.3, -0.25) is 0 Å². The van der Waals surface area contributed by atoms with Crippen LogP contribution in [0.3, 0.4) is 0 Å². The molecule has 0 spiro atoms. The number of thiazole rings is 1. The highest BCUT2D eigenvalue weighted by molar-refractivity contribution is 7.99. The average molecular weight is 308 g/mol. The molecule has 0 aliphatic carbocycles. The van der Waals surface area contributed by atoms with Crippen molar-refractivity contribution in [2.75, 3.05) is 5.32 Å². The fourth-order valence-electron chi connectivity index (χ4n) is 1.81. The highest BCUT2D eigenvalue weighted by Crippen LogP contribution is 2.35. The van der Waals surface area contributed by atoms with Crippen molar-refractivity contribution in [2.24, 2.45) is 0 Å². The minimum Gasteiger partial charge on any atom is -0.331 e. The van der Waals surface area contributed by atoms with E-state index in [-0.39, 0.29) is 0 Å². The number of para-hydroxylation sites is 2. The molecule has 6 heteroatoms. The first-order chi connectivity index (χ1) is 9.72. The summed E-state index contributed by atoms with van der Waals surface area (Å²) in [6.07, 6.45) is 0. The van der Waals surface area contributed by atoms with Crippen molar-refractivity contribution in [3.05, 3.63) is 48.5 Å². The van der Waals surface area contributed by atoms with Crippen molar-refractivity contribution in [3.8, 4) is 0 Å². The van der Waals surface area contributed by atoms with Crippen LogP contribution < -0.4 is 5.32 Å². The molecule has 3 aromatic rings. The van der Waals surface area contributed by atoms with Crippen LogP contribution in [0.15, 0.2) is 53.4 Å². The van der Waals surface area contributed by atoms with Gasteiger partial charge in [-0.15, -0.1) is 0 Å². The number of benzene rings is 2. The highest BCUT2D eigenvalue weighted by atomic mass is 32.2. The van der Waals surface area contributed by atoms with Crippen molar-refractivity contribution in [1.29, 1.82) is 0 Å². The maximum atomic E-state index is 12.5. The van der Waals surface area contributed by atoms with Crippen LogP contribution in [0.25, 0.3) is 10.2 Å². The van der Waals surface area contributed by atoms with Gasteiger partial charge in [0.05, 0.1) is 15.9 Å². The summed E-state index contributed by atoms with van der Waals surface area (Å²) < 4.78 is 26.1. The summed E-state index contributed by atoms with van der Waals surface area (Å²) in [5.74, 6) is -2.44. The van der Waals surface area contributed by atoms with E-state index in [0.29, 0.717) is 27.5 Å². The number of rotatable bonds is 4. The minimum atomic E-state index is -2.44.